The predicted octanol–water partition coefficient (Wildman–Crippen LogP) is 2.63. The number of amides is 1. The molecule has 1 amide bonds. The van der Waals surface area contributed by atoms with Gasteiger partial charge in [-0.25, -0.2) is 9.67 Å². The highest BCUT2D eigenvalue weighted by Crippen LogP contribution is 2.39. The van der Waals surface area contributed by atoms with Gasteiger partial charge < -0.3 is 10.6 Å². The van der Waals surface area contributed by atoms with Crippen molar-refractivity contribution in [1.29, 1.82) is 5.26 Å². The van der Waals surface area contributed by atoms with Gasteiger partial charge in [0.1, 0.15) is 5.01 Å². The summed E-state index contributed by atoms with van der Waals surface area (Å²) in [5, 5.41) is 25.4. The Bertz CT molecular complexity index is 1150. The molecule has 3 aromatic rings. The first-order valence-electron chi connectivity index (χ1n) is 10.2. The first-order chi connectivity index (χ1) is 15.1. The van der Waals surface area contributed by atoms with E-state index in [1.165, 1.54) is 4.88 Å². The second-order valence-electron chi connectivity index (χ2n) is 7.89. The third-order valence-corrected chi connectivity index (χ3v) is 7.08. The largest absolute Gasteiger partial charge is 0.348 e. The maximum Gasteiger partial charge on any atom is 0.273 e. The van der Waals surface area contributed by atoms with Crippen LogP contribution in [-0.4, -0.2) is 38.5 Å². The molecule has 1 aliphatic heterocycles. The van der Waals surface area contributed by atoms with Crippen LogP contribution in [0.2, 0.25) is 5.02 Å². The number of nitriles is 1. The summed E-state index contributed by atoms with van der Waals surface area (Å²) in [6.07, 6.45) is 4.15. The van der Waals surface area contributed by atoms with E-state index in [1.807, 2.05) is 6.07 Å². The third kappa shape index (κ3) is 4.19. The predicted molar refractivity (Wildman–Crippen MR) is 116 cm³/mol. The Kier molecular flexibility index (Phi) is 5.44. The van der Waals surface area contributed by atoms with E-state index in [1.54, 1.807) is 34.3 Å². The van der Waals surface area contributed by atoms with E-state index in [-0.39, 0.29) is 17.9 Å². The van der Waals surface area contributed by atoms with Crippen LogP contribution in [0.4, 0.5) is 0 Å². The van der Waals surface area contributed by atoms with Crippen LogP contribution in [0.25, 0.3) is 0 Å². The molecule has 8 nitrogen and oxygen atoms in total. The zero-order chi connectivity index (χ0) is 21.4. The highest BCUT2D eigenvalue weighted by Gasteiger charge is 2.33. The molecule has 0 saturated heterocycles. The van der Waals surface area contributed by atoms with Gasteiger partial charge in [-0.2, -0.15) is 5.26 Å². The lowest BCUT2D eigenvalue weighted by Gasteiger charge is -2.36. The number of thiazole rings is 1. The fourth-order valence-corrected chi connectivity index (χ4v) is 5.34. The summed E-state index contributed by atoms with van der Waals surface area (Å²) >= 11 is 7.76. The minimum atomic E-state index is -0.232. The van der Waals surface area contributed by atoms with Gasteiger partial charge in [-0.05, 0) is 42.5 Å². The number of hydrogen-bond acceptors (Lipinski definition) is 7. The number of aromatic nitrogens is 4. The van der Waals surface area contributed by atoms with Gasteiger partial charge in [0.05, 0.1) is 30.1 Å². The van der Waals surface area contributed by atoms with Gasteiger partial charge in [0.25, 0.3) is 5.91 Å². The monoisotopic (exact) mass is 453 g/mol. The Hall–Kier alpha value is -2.80. The molecule has 10 heteroatoms. The van der Waals surface area contributed by atoms with Crippen molar-refractivity contribution >= 4 is 28.8 Å². The van der Waals surface area contributed by atoms with E-state index in [9.17, 15) is 10.1 Å². The zero-order valence-electron chi connectivity index (χ0n) is 16.6. The number of carbonyl (C=O) groups is 1. The highest BCUT2D eigenvalue weighted by atomic mass is 35.5. The quantitative estimate of drug-likeness (QED) is 0.614. The fourth-order valence-electron chi connectivity index (χ4n) is 4.09. The summed E-state index contributed by atoms with van der Waals surface area (Å²) < 4.78 is 1.65. The average molecular weight is 454 g/mol. The number of carbonyl (C=O) groups excluding carboxylic acids is 1. The summed E-state index contributed by atoms with van der Waals surface area (Å²) in [5.74, 6) is -0.0105. The van der Waals surface area contributed by atoms with Crippen LogP contribution < -0.4 is 10.6 Å². The Labute approximate surface area is 188 Å². The number of nitrogens with one attached hydrogen (secondary N) is 2. The smallest absolute Gasteiger partial charge is 0.273 e. The molecule has 3 heterocycles. The van der Waals surface area contributed by atoms with Crippen molar-refractivity contribution in [3.05, 3.63) is 61.8 Å². The van der Waals surface area contributed by atoms with E-state index in [0.29, 0.717) is 22.8 Å². The van der Waals surface area contributed by atoms with Crippen LogP contribution in [-0.2, 0) is 19.5 Å². The number of rotatable bonds is 5. The molecule has 1 fully saturated rings. The van der Waals surface area contributed by atoms with E-state index < -0.39 is 0 Å². The lowest BCUT2D eigenvalue weighted by Crippen LogP contribution is -2.43. The van der Waals surface area contributed by atoms with Gasteiger partial charge >= 0.3 is 0 Å². The van der Waals surface area contributed by atoms with Crippen molar-refractivity contribution in [3.8, 4) is 6.07 Å². The summed E-state index contributed by atoms with van der Waals surface area (Å²) in [4.78, 5) is 18.5. The minimum Gasteiger partial charge on any atom is -0.348 e. The van der Waals surface area contributed by atoms with Crippen molar-refractivity contribution in [3.63, 3.8) is 0 Å². The number of nitrogens with zero attached hydrogens (tertiary/aromatic N) is 5. The van der Waals surface area contributed by atoms with Crippen LogP contribution in [0.15, 0.2) is 24.4 Å². The topological polar surface area (TPSA) is 109 Å². The molecule has 2 aromatic heterocycles. The molecule has 31 heavy (non-hydrogen) atoms. The summed E-state index contributed by atoms with van der Waals surface area (Å²) in [7, 11) is 0. The highest BCUT2D eigenvalue weighted by molar-refractivity contribution is 7.11. The fraction of sp³-hybridized carbons (Fsp3) is 0.381. The molecule has 0 atom stereocenters. The molecular formula is C21H20ClN7OS. The van der Waals surface area contributed by atoms with Crippen LogP contribution in [0.1, 0.15) is 56.0 Å². The van der Waals surface area contributed by atoms with Crippen molar-refractivity contribution in [1.82, 2.24) is 30.6 Å². The van der Waals surface area contributed by atoms with Gasteiger partial charge in [0.15, 0.2) is 5.69 Å². The van der Waals surface area contributed by atoms with Crippen LogP contribution in [0.5, 0.6) is 0 Å². The first kappa shape index (κ1) is 20.1. The zero-order valence-corrected chi connectivity index (χ0v) is 18.2. The van der Waals surface area contributed by atoms with Crippen LogP contribution in [0, 0.1) is 11.3 Å². The average Bonchev–Trinajstić information content (AvgIpc) is 3.37. The van der Waals surface area contributed by atoms with Gasteiger partial charge in [0.2, 0.25) is 0 Å². The number of hydrogen-bond donors (Lipinski definition) is 2. The van der Waals surface area contributed by atoms with E-state index in [4.69, 9.17) is 11.6 Å². The molecule has 1 saturated carbocycles. The van der Waals surface area contributed by atoms with Crippen molar-refractivity contribution in [2.24, 2.45) is 0 Å². The maximum atomic E-state index is 12.6. The number of halogens is 1. The third-order valence-electron chi connectivity index (χ3n) is 5.76. The van der Waals surface area contributed by atoms with E-state index in [2.05, 4.69) is 32.0 Å². The van der Waals surface area contributed by atoms with Crippen LogP contribution in [0.3, 0.4) is 0 Å². The summed E-state index contributed by atoms with van der Waals surface area (Å²) in [6, 6.07) is 7.58. The lowest BCUT2D eigenvalue weighted by atomic mass is 9.74. The van der Waals surface area contributed by atoms with Crippen molar-refractivity contribution < 1.29 is 4.79 Å². The van der Waals surface area contributed by atoms with Crippen LogP contribution >= 0.6 is 22.9 Å². The van der Waals surface area contributed by atoms with E-state index >= 15 is 0 Å². The molecule has 0 bridgehead atoms. The molecular weight excluding hydrogens is 434 g/mol. The first-order valence-corrected chi connectivity index (χ1v) is 11.4. The second kappa shape index (κ2) is 8.38. The van der Waals surface area contributed by atoms with Gasteiger partial charge in [-0.3, -0.25) is 4.79 Å². The van der Waals surface area contributed by atoms with Crippen molar-refractivity contribution in [2.45, 2.75) is 44.3 Å². The lowest BCUT2D eigenvalue weighted by molar-refractivity contribution is 0.0903. The molecule has 1 aliphatic carbocycles. The van der Waals surface area contributed by atoms with Crippen molar-refractivity contribution in [2.75, 3.05) is 6.54 Å². The summed E-state index contributed by atoms with van der Waals surface area (Å²) in [6.45, 7) is 2.33. The second-order valence-corrected chi connectivity index (χ2v) is 9.49. The maximum absolute atomic E-state index is 12.6. The van der Waals surface area contributed by atoms with Gasteiger partial charge in [0, 0.05) is 35.5 Å². The molecule has 158 valence electrons. The SMILES string of the molecule is N#Cc1ccc(Cl)cc1C1CC(NC(=O)c2cn(Cc3nc4c(s3)CNCC4)nn2)C1. The molecule has 0 radical (unpaired) electrons. The number of benzene rings is 1. The molecule has 5 rings (SSSR count). The van der Waals surface area contributed by atoms with Gasteiger partial charge in [-0.1, -0.05) is 16.8 Å². The Morgan fingerprint density at radius 2 is 2.29 bits per heavy atom. The Balaban J connectivity index is 1.17. The number of fused-ring (bicyclic) bond motifs is 1. The standard InChI is InChI=1S/C21H20ClN7OS/c22-14-2-1-12(8-23)16(7-14)13-5-15(6-13)25-21(30)18-10-29(28-27-18)11-20-26-17-3-4-24-9-19(17)31-20/h1-2,7,10,13,15,24H,3-6,9,11H2,(H,25,30). The molecule has 0 unspecified atom stereocenters. The Morgan fingerprint density at radius 1 is 1.42 bits per heavy atom. The van der Waals surface area contributed by atoms with Gasteiger partial charge in [-0.15, -0.1) is 16.4 Å². The Morgan fingerprint density at radius 3 is 3.10 bits per heavy atom. The molecule has 2 N–H and O–H groups in total. The minimum absolute atomic E-state index is 0.0476. The molecule has 2 aliphatic rings. The summed E-state index contributed by atoms with van der Waals surface area (Å²) in [5.41, 5.74) is 3.05. The molecule has 1 aromatic carbocycles. The molecule has 0 spiro atoms. The normalized spacial score (nSPS) is 19.9. The van der Waals surface area contributed by atoms with E-state index in [0.717, 1.165) is 48.6 Å².